The fourth-order valence-electron chi connectivity index (χ4n) is 1.70. The van der Waals surface area contributed by atoms with Crippen molar-refractivity contribution in [2.75, 3.05) is 21.3 Å². The molecular weight excluding hydrogens is 295 g/mol. The third-order valence-electron chi connectivity index (χ3n) is 2.86. The Kier molecular flexibility index (Phi) is 4.87. The van der Waals surface area contributed by atoms with Crippen molar-refractivity contribution < 1.29 is 18.8 Å². The number of hydroxylamine groups is 2. The second-order valence-electron chi connectivity index (χ2n) is 4.21. The summed E-state index contributed by atoms with van der Waals surface area (Å²) in [6.45, 7) is 0. The number of carbonyl (C=O) groups is 1. The van der Waals surface area contributed by atoms with Crippen molar-refractivity contribution in [1.82, 2.24) is 10.0 Å². The molecule has 0 N–H and O–H groups in total. The van der Waals surface area contributed by atoms with Crippen LogP contribution in [-0.2, 0) is 16.1 Å². The van der Waals surface area contributed by atoms with Gasteiger partial charge in [0.25, 0.3) is 5.91 Å². The van der Waals surface area contributed by atoms with Gasteiger partial charge in [-0.05, 0) is 12.1 Å². The molecule has 0 unspecified atom stereocenters. The van der Waals surface area contributed by atoms with Crippen molar-refractivity contribution in [2.45, 2.75) is 6.42 Å². The Morgan fingerprint density at radius 2 is 2.19 bits per heavy atom. The van der Waals surface area contributed by atoms with E-state index in [1.165, 1.54) is 44.7 Å². The molecule has 7 heteroatoms. The van der Waals surface area contributed by atoms with Gasteiger partial charge in [-0.15, -0.1) is 11.3 Å². The van der Waals surface area contributed by atoms with Gasteiger partial charge in [0.1, 0.15) is 10.8 Å². The first-order valence-corrected chi connectivity index (χ1v) is 6.97. The van der Waals surface area contributed by atoms with Crippen molar-refractivity contribution in [3.05, 3.63) is 35.0 Å². The van der Waals surface area contributed by atoms with E-state index in [9.17, 15) is 9.18 Å². The van der Waals surface area contributed by atoms with Crippen molar-refractivity contribution in [3.8, 4) is 16.5 Å². The maximum absolute atomic E-state index is 13.3. The average Bonchev–Trinajstić information content (AvgIpc) is 2.89. The number of amides is 1. The zero-order valence-electron chi connectivity index (χ0n) is 11.9. The molecule has 0 radical (unpaired) electrons. The van der Waals surface area contributed by atoms with Crippen LogP contribution in [0.2, 0.25) is 0 Å². The molecule has 1 heterocycles. The Labute approximate surface area is 125 Å². The normalized spacial score (nSPS) is 10.5. The van der Waals surface area contributed by atoms with Crippen LogP contribution in [0.5, 0.6) is 5.88 Å². The van der Waals surface area contributed by atoms with Gasteiger partial charge in [0.2, 0.25) is 5.88 Å². The lowest BCUT2D eigenvalue weighted by Crippen LogP contribution is -2.26. The first kappa shape index (κ1) is 15.4. The third kappa shape index (κ3) is 3.56. The number of aromatic nitrogens is 1. The van der Waals surface area contributed by atoms with Gasteiger partial charge in [-0.2, -0.15) is 0 Å². The topological polar surface area (TPSA) is 51.7 Å². The van der Waals surface area contributed by atoms with Crippen LogP contribution < -0.4 is 4.74 Å². The fourth-order valence-corrected chi connectivity index (χ4v) is 2.72. The molecule has 0 spiro atoms. The van der Waals surface area contributed by atoms with Crippen LogP contribution in [-0.4, -0.2) is 37.2 Å². The lowest BCUT2D eigenvalue weighted by Gasteiger charge is -2.12. The maximum atomic E-state index is 13.3. The Balaban J connectivity index is 2.29. The van der Waals surface area contributed by atoms with E-state index in [2.05, 4.69) is 4.98 Å². The van der Waals surface area contributed by atoms with E-state index in [1.54, 1.807) is 12.1 Å². The van der Waals surface area contributed by atoms with Crippen LogP contribution in [0.1, 0.15) is 4.88 Å². The van der Waals surface area contributed by atoms with Crippen LogP contribution in [0.15, 0.2) is 24.3 Å². The minimum atomic E-state index is -0.335. The number of methoxy groups -OCH3 is 1. The van der Waals surface area contributed by atoms with Gasteiger partial charge < -0.3 is 4.74 Å². The summed E-state index contributed by atoms with van der Waals surface area (Å²) in [5.41, 5.74) is 0.650. The Bertz CT molecular complexity index is 645. The van der Waals surface area contributed by atoms with E-state index in [0.717, 1.165) is 5.06 Å². The molecule has 5 nitrogen and oxygen atoms in total. The van der Waals surface area contributed by atoms with Crippen LogP contribution >= 0.6 is 11.3 Å². The predicted octanol–water partition coefficient (Wildman–Crippen LogP) is 2.52. The molecule has 0 aliphatic carbocycles. The van der Waals surface area contributed by atoms with Crippen molar-refractivity contribution in [3.63, 3.8) is 0 Å². The number of hydrogen-bond donors (Lipinski definition) is 0. The maximum Gasteiger partial charge on any atom is 0.251 e. The monoisotopic (exact) mass is 310 g/mol. The Hall–Kier alpha value is -1.99. The van der Waals surface area contributed by atoms with Crippen LogP contribution in [0, 0.1) is 5.82 Å². The standard InChI is InChI=1S/C14H15FN2O3S/c1-17(20-3)12(18)8-11-13(19-2)16-14(21-11)9-5-4-6-10(15)7-9/h4-7H,8H2,1-3H3. The summed E-state index contributed by atoms with van der Waals surface area (Å²) in [7, 11) is 4.43. The summed E-state index contributed by atoms with van der Waals surface area (Å²) in [6, 6.07) is 6.13. The van der Waals surface area contributed by atoms with Crippen LogP contribution in [0.3, 0.4) is 0 Å². The van der Waals surface area contributed by atoms with Crippen LogP contribution in [0.25, 0.3) is 10.6 Å². The van der Waals surface area contributed by atoms with Gasteiger partial charge in [0.15, 0.2) is 0 Å². The fraction of sp³-hybridized carbons (Fsp3) is 0.286. The van der Waals surface area contributed by atoms with Gasteiger partial charge in [-0.25, -0.2) is 14.4 Å². The first-order chi connectivity index (χ1) is 10.0. The quantitative estimate of drug-likeness (QED) is 0.796. The molecule has 112 valence electrons. The number of ether oxygens (including phenoxy) is 1. The molecule has 21 heavy (non-hydrogen) atoms. The molecule has 0 saturated carbocycles. The minimum Gasteiger partial charge on any atom is -0.480 e. The molecule has 2 rings (SSSR count). The molecule has 0 aliphatic heterocycles. The third-order valence-corrected chi connectivity index (χ3v) is 3.95. The first-order valence-electron chi connectivity index (χ1n) is 6.15. The highest BCUT2D eigenvalue weighted by molar-refractivity contribution is 7.15. The zero-order valence-corrected chi connectivity index (χ0v) is 12.7. The van der Waals surface area contributed by atoms with Gasteiger partial charge in [-0.1, -0.05) is 12.1 Å². The summed E-state index contributed by atoms with van der Waals surface area (Å²) < 4.78 is 18.5. The summed E-state index contributed by atoms with van der Waals surface area (Å²) in [6.07, 6.45) is 0.112. The summed E-state index contributed by atoms with van der Waals surface area (Å²) >= 11 is 1.30. The number of nitrogens with zero attached hydrogens (tertiary/aromatic N) is 2. The Morgan fingerprint density at radius 1 is 1.43 bits per heavy atom. The molecule has 1 amide bonds. The minimum absolute atomic E-state index is 0.112. The van der Waals surface area contributed by atoms with E-state index in [0.29, 0.717) is 21.3 Å². The second-order valence-corrected chi connectivity index (χ2v) is 5.30. The summed E-state index contributed by atoms with van der Waals surface area (Å²) in [5.74, 6) is -0.180. The molecule has 0 bridgehead atoms. The summed E-state index contributed by atoms with van der Waals surface area (Å²) in [5, 5.41) is 1.75. The predicted molar refractivity (Wildman–Crippen MR) is 77.5 cm³/mol. The molecule has 1 aromatic carbocycles. The number of likely N-dealkylation sites (N-methyl/N-ethyl adjacent to an activating group) is 1. The zero-order chi connectivity index (χ0) is 15.4. The number of halogens is 1. The number of benzene rings is 1. The van der Waals surface area contributed by atoms with Gasteiger partial charge in [0.05, 0.1) is 25.5 Å². The van der Waals surface area contributed by atoms with E-state index in [4.69, 9.17) is 9.57 Å². The van der Waals surface area contributed by atoms with Gasteiger partial charge in [0, 0.05) is 12.6 Å². The molecule has 1 aromatic heterocycles. The number of thiazole rings is 1. The largest absolute Gasteiger partial charge is 0.480 e. The van der Waals surface area contributed by atoms with E-state index in [1.807, 2.05) is 0 Å². The molecular formula is C14H15FN2O3S. The molecule has 0 aliphatic rings. The highest BCUT2D eigenvalue weighted by Gasteiger charge is 2.18. The molecule has 0 fully saturated rings. The number of hydrogen-bond acceptors (Lipinski definition) is 5. The lowest BCUT2D eigenvalue weighted by atomic mass is 10.2. The number of rotatable bonds is 5. The van der Waals surface area contributed by atoms with Gasteiger partial charge in [-0.3, -0.25) is 9.63 Å². The van der Waals surface area contributed by atoms with E-state index >= 15 is 0 Å². The number of carbonyl (C=O) groups excluding carboxylic acids is 1. The molecule has 0 atom stereocenters. The van der Waals surface area contributed by atoms with Crippen molar-refractivity contribution in [1.29, 1.82) is 0 Å². The highest BCUT2D eigenvalue weighted by atomic mass is 32.1. The second kappa shape index (κ2) is 6.64. The Morgan fingerprint density at radius 3 is 2.81 bits per heavy atom. The van der Waals surface area contributed by atoms with E-state index in [-0.39, 0.29) is 18.1 Å². The van der Waals surface area contributed by atoms with Crippen molar-refractivity contribution in [2.24, 2.45) is 0 Å². The smallest absolute Gasteiger partial charge is 0.251 e. The molecule has 2 aromatic rings. The average molecular weight is 310 g/mol. The van der Waals surface area contributed by atoms with Crippen LogP contribution in [0.4, 0.5) is 4.39 Å². The SMILES string of the molecule is COc1nc(-c2cccc(F)c2)sc1CC(=O)N(C)OC. The highest BCUT2D eigenvalue weighted by Crippen LogP contribution is 2.33. The van der Waals surface area contributed by atoms with E-state index < -0.39 is 0 Å². The van der Waals surface area contributed by atoms with Gasteiger partial charge >= 0.3 is 0 Å². The molecule has 0 saturated heterocycles. The summed E-state index contributed by atoms with van der Waals surface area (Å²) in [4.78, 5) is 21.7. The van der Waals surface area contributed by atoms with Crippen molar-refractivity contribution >= 4 is 17.2 Å². The lowest BCUT2D eigenvalue weighted by molar-refractivity contribution is -0.167.